The average Bonchev–Trinajstić information content (AvgIpc) is 2.82. The van der Waals surface area contributed by atoms with E-state index in [-0.39, 0.29) is 16.3 Å². The second-order valence-corrected chi connectivity index (χ2v) is 9.32. The van der Waals surface area contributed by atoms with Gasteiger partial charge in [0, 0.05) is 5.69 Å². The Morgan fingerprint density at radius 3 is 2.26 bits per heavy atom. The summed E-state index contributed by atoms with van der Waals surface area (Å²) in [7, 11) is -1.77. The summed E-state index contributed by atoms with van der Waals surface area (Å²) >= 11 is 0. The van der Waals surface area contributed by atoms with Crippen LogP contribution in [0, 0.1) is 6.92 Å². The highest BCUT2D eigenvalue weighted by Gasteiger charge is 2.34. The Bertz CT molecular complexity index is 1310. The monoisotopic (exact) mass is 508 g/mol. The quantitative estimate of drug-likeness (QED) is 0.470. The lowest BCUT2D eigenvalue weighted by molar-refractivity contribution is -0.137. The molecule has 1 N–H and O–H groups in total. The van der Waals surface area contributed by atoms with Crippen LogP contribution < -0.4 is 19.1 Å². The first kappa shape index (κ1) is 25.9. The summed E-state index contributed by atoms with van der Waals surface area (Å²) in [5, 5.41) is 2.55. The van der Waals surface area contributed by atoms with E-state index in [1.54, 1.807) is 37.3 Å². The number of aryl methyl sites for hydroxylation is 1. The van der Waals surface area contributed by atoms with Crippen molar-refractivity contribution < 1.29 is 35.9 Å². The molecule has 3 rings (SSSR count). The number of hydrogen-bond donors (Lipinski definition) is 1. The molecule has 35 heavy (non-hydrogen) atoms. The molecule has 0 saturated heterocycles. The largest absolute Gasteiger partial charge is 0.497 e. The molecule has 1 amide bonds. The van der Waals surface area contributed by atoms with Crippen molar-refractivity contribution in [2.45, 2.75) is 18.0 Å². The molecular formula is C24H23F3N2O5S. The number of ether oxygens (including phenoxy) is 2. The highest BCUT2D eigenvalue weighted by atomic mass is 32.2. The number of carbonyl (C=O) groups excluding carboxylic acids is 1. The molecule has 0 aliphatic carbocycles. The summed E-state index contributed by atoms with van der Waals surface area (Å²) in [5.74, 6) is -0.228. The Labute approximate surface area is 201 Å². The van der Waals surface area contributed by atoms with E-state index in [0.29, 0.717) is 27.4 Å². The van der Waals surface area contributed by atoms with E-state index in [1.807, 2.05) is 0 Å². The summed E-state index contributed by atoms with van der Waals surface area (Å²) < 4.78 is 78.3. The van der Waals surface area contributed by atoms with E-state index in [4.69, 9.17) is 9.47 Å². The van der Waals surface area contributed by atoms with Gasteiger partial charge in [-0.3, -0.25) is 9.10 Å². The third-order valence-electron chi connectivity index (χ3n) is 5.01. The minimum atomic E-state index is -4.71. The zero-order chi connectivity index (χ0) is 25.8. The Kier molecular flexibility index (Phi) is 7.59. The summed E-state index contributed by atoms with van der Waals surface area (Å²) in [5.41, 5.74) is -0.448. The van der Waals surface area contributed by atoms with E-state index in [2.05, 4.69) is 5.32 Å². The predicted octanol–water partition coefficient (Wildman–Crippen LogP) is 4.87. The number of halogens is 3. The minimum absolute atomic E-state index is 0.0110. The van der Waals surface area contributed by atoms with Crippen LogP contribution in [0.15, 0.2) is 71.6 Å². The summed E-state index contributed by atoms with van der Waals surface area (Å²) in [6.07, 6.45) is -4.71. The highest BCUT2D eigenvalue weighted by Crippen LogP contribution is 2.35. The number of rotatable bonds is 8. The number of methoxy groups -OCH3 is 2. The molecule has 0 aliphatic rings. The molecule has 7 nitrogen and oxygen atoms in total. The van der Waals surface area contributed by atoms with Gasteiger partial charge in [-0.1, -0.05) is 12.1 Å². The average molecular weight is 509 g/mol. The number of alkyl halides is 3. The molecule has 0 spiro atoms. The van der Waals surface area contributed by atoms with E-state index in [0.717, 1.165) is 12.1 Å². The maximum atomic E-state index is 13.7. The molecule has 3 aromatic rings. The molecule has 0 atom stereocenters. The zero-order valence-corrected chi connectivity index (χ0v) is 19.9. The molecule has 11 heteroatoms. The second-order valence-electron chi connectivity index (χ2n) is 7.49. The molecule has 0 aliphatic heterocycles. The van der Waals surface area contributed by atoms with E-state index < -0.39 is 34.2 Å². The molecule has 3 aromatic carbocycles. The normalized spacial score (nSPS) is 11.6. The van der Waals surface area contributed by atoms with E-state index >= 15 is 0 Å². The van der Waals surface area contributed by atoms with Gasteiger partial charge >= 0.3 is 6.18 Å². The minimum Gasteiger partial charge on any atom is -0.497 e. The Morgan fingerprint density at radius 1 is 0.971 bits per heavy atom. The smallest absolute Gasteiger partial charge is 0.416 e. The van der Waals surface area contributed by atoms with Gasteiger partial charge in [0.15, 0.2) is 0 Å². The first-order valence-electron chi connectivity index (χ1n) is 10.2. The van der Waals surface area contributed by atoms with Crippen LogP contribution in [0.2, 0.25) is 0 Å². The third-order valence-corrected chi connectivity index (χ3v) is 6.80. The van der Waals surface area contributed by atoms with Crippen molar-refractivity contribution in [1.29, 1.82) is 0 Å². The van der Waals surface area contributed by atoms with Crippen molar-refractivity contribution in [3.8, 4) is 11.5 Å². The molecule has 0 fully saturated rings. The first-order chi connectivity index (χ1) is 16.5. The summed E-state index contributed by atoms with van der Waals surface area (Å²) in [4.78, 5) is 12.5. The molecule has 186 valence electrons. The van der Waals surface area contributed by atoms with Gasteiger partial charge in [0.1, 0.15) is 22.9 Å². The molecule has 0 bridgehead atoms. The predicted molar refractivity (Wildman–Crippen MR) is 125 cm³/mol. The number of benzene rings is 3. The zero-order valence-electron chi connectivity index (χ0n) is 19.1. The second kappa shape index (κ2) is 10.3. The number of hydrogen-bond acceptors (Lipinski definition) is 5. The van der Waals surface area contributed by atoms with Crippen LogP contribution in [0.25, 0.3) is 0 Å². The van der Waals surface area contributed by atoms with Crippen LogP contribution in [0.3, 0.4) is 0 Å². The van der Waals surface area contributed by atoms with Crippen molar-refractivity contribution in [1.82, 2.24) is 0 Å². The lowest BCUT2D eigenvalue weighted by Gasteiger charge is -2.26. The number of carbonyl (C=O) groups is 1. The molecule has 0 saturated carbocycles. The highest BCUT2D eigenvalue weighted by molar-refractivity contribution is 7.93. The summed E-state index contributed by atoms with van der Waals surface area (Å²) in [6.45, 7) is 0.871. The van der Waals surface area contributed by atoms with Gasteiger partial charge in [-0.05, 0) is 67.1 Å². The van der Waals surface area contributed by atoms with Gasteiger partial charge < -0.3 is 14.8 Å². The van der Waals surface area contributed by atoms with Crippen LogP contribution in [-0.4, -0.2) is 35.1 Å². The van der Waals surface area contributed by atoms with E-state index in [9.17, 15) is 26.4 Å². The van der Waals surface area contributed by atoms with Crippen LogP contribution >= 0.6 is 0 Å². The van der Waals surface area contributed by atoms with E-state index in [1.165, 1.54) is 32.4 Å². The lowest BCUT2D eigenvalue weighted by Crippen LogP contribution is -2.38. The number of nitrogens with zero attached hydrogens (tertiary/aromatic N) is 1. The topological polar surface area (TPSA) is 84.9 Å². The summed E-state index contributed by atoms with van der Waals surface area (Å²) in [6, 6.07) is 14.4. The molecule has 0 heterocycles. The first-order valence-corrected chi connectivity index (χ1v) is 11.7. The standard InChI is InChI=1S/C24H23F3N2O5S/c1-16-7-12-21(34-3)22(13-16)35(31,32)29(19-6-4-5-17(14-19)24(25,26)27)15-23(30)28-18-8-10-20(33-2)11-9-18/h4-14H,15H2,1-3H3,(H,28,30). The van der Waals surface area contributed by atoms with Gasteiger partial charge in [-0.15, -0.1) is 0 Å². The molecular weight excluding hydrogens is 485 g/mol. The van der Waals surface area contributed by atoms with Crippen molar-refractivity contribution in [2.75, 3.05) is 30.4 Å². The number of nitrogens with one attached hydrogen (secondary N) is 1. The SMILES string of the molecule is COc1ccc(NC(=O)CN(c2cccc(C(F)(F)F)c2)S(=O)(=O)c2cc(C)ccc2OC)cc1. The van der Waals surface area contributed by atoms with Crippen LogP contribution in [0.1, 0.15) is 11.1 Å². The molecule has 0 unspecified atom stereocenters. The van der Waals surface area contributed by atoms with Gasteiger partial charge in [0.25, 0.3) is 10.0 Å². The van der Waals surface area contributed by atoms with Crippen molar-refractivity contribution >= 4 is 27.3 Å². The lowest BCUT2D eigenvalue weighted by atomic mass is 10.2. The third kappa shape index (κ3) is 6.04. The van der Waals surface area contributed by atoms with Crippen molar-refractivity contribution in [3.63, 3.8) is 0 Å². The fourth-order valence-corrected chi connectivity index (χ4v) is 4.92. The Hall–Kier alpha value is -3.73. The van der Waals surface area contributed by atoms with Crippen molar-refractivity contribution in [2.24, 2.45) is 0 Å². The van der Waals surface area contributed by atoms with Crippen LogP contribution in [0.5, 0.6) is 11.5 Å². The fourth-order valence-electron chi connectivity index (χ4n) is 3.26. The van der Waals surface area contributed by atoms with Gasteiger partial charge in [0.05, 0.1) is 25.5 Å². The van der Waals surface area contributed by atoms with Gasteiger partial charge in [-0.2, -0.15) is 13.2 Å². The molecule has 0 radical (unpaired) electrons. The Balaban J connectivity index is 2.05. The number of anilines is 2. The van der Waals surface area contributed by atoms with Crippen molar-refractivity contribution in [3.05, 3.63) is 77.9 Å². The number of sulfonamides is 1. The van der Waals surface area contributed by atoms with Crippen LogP contribution in [-0.2, 0) is 21.0 Å². The maximum absolute atomic E-state index is 13.7. The van der Waals surface area contributed by atoms with Gasteiger partial charge in [0.2, 0.25) is 5.91 Å². The fraction of sp³-hybridized carbons (Fsp3) is 0.208. The van der Waals surface area contributed by atoms with Crippen LogP contribution in [0.4, 0.5) is 24.5 Å². The van der Waals surface area contributed by atoms with Gasteiger partial charge in [-0.25, -0.2) is 8.42 Å². The molecule has 0 aromatic heterocycles. The maximum Gasteiger partial charge on any atom is 0.416 e. The number of amides is 1. The Morgan fingerprint density at radius 2 is 1.66 bits per heavy atom.